The van der Waals surface area contributed by atoms with E-state index < -0.39 is 0 Å². The molecule has 3 nitrogen and oxygen atoms in total. The summed E-state index contributed by atoms with van der Waals surface area (Å²) < 4.78 is 0. The zero-order valence-corrected chi connectivity index (χ0v) is 15.0. The van der Waals surface area contributed by atoms with Crippen LogP contribution in [-0.4, -0.2) is 19.0 Å². The van der Waals surface area contributed by atoms with Gasteiger partial charge in [-0.25, -0.2) is 0 Å². The topological polar surface area (TPSA) is 33.5 Å². The number of carbonyl (C=O) groups excluding carboxylic acids is 1. The highest BCUT2D eigenvalue weighted by atomic mass is 16.2. The molecule has 0 spiro atoms. The van der Waals surface area contributed by atoms with Crippen molar-refractivity contribution in [1.82, 2.24) is 0 Å². The molecule has 0 saturated heterocycles. The zero-order chi connectivity index (χ0) is 17.8. The maximum atomic E-state index is 12.6. The summed E-state index contributed by atoms with van der Waals surface area (Å²) in [4.78, 5) is 13.8. The van der Waals surface area contributed by atoms with Crippen LogP contribution >= 0.6 is 0 Å². The molecule has 0 bridgehead atoms. The first-order valence-electron chi connectivity index (χ1n) is 8.71. The maximum Gasteiger partial charge on any atom is 0.282 e. The molecule has 0 aliphatic rings. The molecule has 3 heteroatoms. The summed E-state index contributed by atoms with van der Waals surface area (Å²) in [5.74, 6) is 0.0429. The molecule has 0 radical (unpaired) electrons. The second-order valence-corrected chi connectivity index (χ2v) is 6.72. The highest BCUT2D eigenvalue weighted by molar-refractivity contribution is 5.96. The lowest BCUT2D eigenvalue weighted by molar-refractivity contribution is -0.907. The van der Waals surface area contributed by atoms with Crippen molar-refractivity contribution in [2.24, 2.45) is 0 Å². The molecule has 128 valence electrons. The van der Waals surface area contributed by atoms with Crippen molar-refractivity contribution in [3.05, 3.63) is 77.9 Å². The highest BCUT2D eigenvalue weighted by Crippen LogP contribution is 2.18. The van der Waals surface area contributed by atoms with Crippen LogP contribution in [0.5, 0.6) is 0 Å². The molecule has 1 unspecified atom stereocenters. The van der Waals surface area contributed by atoms with E-state index in [0.717, 1.165) is 17.6 Å². The first kappa shape index (κ1) is 17.2. The van der Waals surface area contributed by atoms with E-state index in [1.54, 1.807) is 0 Å². The smallest absolute Gasteiger partial charge is 0.282 e. The van der Waals surface area contributed by atoms with Crippen LogP contribution in [0.1, 0.15) is 18.1 Å². The third-order valence-electron chi connectivity index (χ3n) is 4.88. The quantitative estimate of drug-likeness (QED) is 0.739. The fourth-order valence-electron chi connectivity index (χ4n) is 3.00. The predicted molar refractivity (Wildman–Crippen MR) is 104 cm³/mol. The summed E-state index contributed by atoms with van der Waals surface area (Å²) in [6.45, 7) is 4.92. The van der Waals surface area contributed by atoms with E-state index in [9.17, 15) is 4.79 Å². The fourth-order valence-corrected chi connectivity index (χ4v) is 3.00. The van der Waals surface area contributed by atoms with Crippen molar-refractivity contribution in [2.45, 2.75) is 26.4 Å². The average molecular weight is 333 g/mol. The fraction of sp³-hybridized carbons (Fsp3) is 0.227. The van der Waals surface area contributed by atoms with E-state index in [-0.39, 0.29) is 11.9 Å². The molecule has 0 aliphatic heterocycles. The Morgan fingerprint density at radius 2 is 1.68 bits per heavy atom. The van der Waals surface area contributed by atoms with Crippen LogP contribution in [0, 0.1) is 6.92 Å². The number of anilines is 1. The maximum absolute atomic E-state index is 12.6. The monoisotopic (exact) mass is 333 g/mol. The second kappa shape index (κ2) is 7.49. The molecule has 0 saturated carbocycles. The van der Waals surface area contributed by atoms with Gasteiger partial charge in [-0.05, 0) is 42.3 Å². The zero-order valence-electron chi connectivity index (χ0n) is 15.0. The van der Waals surface area contributed by atoms with Gasteiger partial charge < -0.3 is 10.2 Å². The third kappa shape index (κ3) is 4.06. The van der Waals surface area contributed by atoms with E-state index in [0.29, 0.717) is 0 Å². The molecule has 1 amide bonds. The van der Waals surface area contributed by atoms with Crippen molar-refractivity contribution >= 4 is 22.4 Å². The van der Waals surface area contributed by atoms with E-state index in [1.807, 2.05) is 43.3 Å². The van der Waals surface area contributed by atoms with Crippen molar-refractivity contribution in [3.8, 4) is 0 Å². The summed E-state index contributed by atoms with van der Waals surface area (Å²) >= 11 is 0. The molecule has 2 atom stereocenters. The summed E-state index contributed by atoms with van der Waals surface area (Å²) in [6, 6.07) is 22.4. The van der Waals surface area contributed by atoms with Gasteiger partial charge >= 0.3 is 0 Å². The van der Waals surface area contributed by atoms with Gasteiger partial charge in [0.25, 0.3) is 5.91 Å². The number of hydrogen-bond donors (Lipinski definition) is 2. The standard InChI is InChI=1S/C22H24N2O/c1-16-8-4-5-11-20(16)15-24(3)17(2)22(25)23-21-13-12-18-9-6-7-10-19(18)14-21/h4-14,17H,15H2,1-3H3,(H,23,25)/p+1/t17-/m1/s1. The minimum absolute atomic E-state index is 0.0429. The van der Waals surface area contributed by atoms with Crippen LogP contribution in [0.3, 0.4) is 0 Å². The molecule has 2 N–H and O–H groups in total. The van der Waals surface area contributed by atoms with Gasteiger partial charge in [-0.3, -0.25) is 4.79 Å². The first-order chi connectivity index (χ1) is 12.0. The molecule has 3 aromatic rings. The molecule has 25 heavy (non-hydrogen) atoms. The van der Waals surface area contributed by atoms with E-state index in [4.69, 9.17) is 0 Å². The molecule has 3 aromatic carbocycles. The lowest BCUT2D eigenvalue weighted by Gasteiger charge is -2.22. The Kier molecular flexibility index (Phi) is 5.15. The Balaban J connectivity index is 1.67. The van der Waals surface area contributed by atoms with Crippen LogP contribution in [0.4, 0.5) is 5.69 Å². The summed E-state index contributed by atoms with van der Waals surface area (Å²) in [7, 11) is 2.07. The van der Waals surface area contributed by atoms with Crippen LogP contribution < -0.4 is 10.2 Å². The number of aryl methyl sites for hydroxylation is 1. The minimum Gasteiger partial charge on any atom is -0.324 e. The van der Waals surface area contributed by atoms with Gasteiger partial charge in [0.15, 0.2) is 6.04 Å². The van der Waals surface area contributed by atoms with Gasteiger partial charge in [-0.2, -0.15) is 0 Å². The number of amides is 1. The van der Waals surface area contributed by atoms with Crippen molar-refractivity contribution in [1.29, 1.82) is 0 Å². The Labute approximate surface area is 149 Å². The number of hydrogen-bond acceptors (Lipinski definition) is 1. The van der Waals surface area contributed by atoms with Crippen LogP contribution in [-0.2, 0) is 11.3 Å². The largest absolute Gasteiger partial charge is 0.324 e. The number of quaternary nitrogens is 1. The van der Waals surface area contributed by atoms with Crippen LogP contribution in [0.2, 0.25) is 0 Å². The number of carbonyl (C=O) groups is 1. The van der Waals surface area contributed by atoms with E-state index in [1.165, 1.54) is 21.4 Å². The van der Waals surface area contributed by atoms with Crippen LogP contribution in [0.25, 0.3) is 10.8 Å². The van der Waals surface area contributed by atoms with Gasteiger partial charge in [-0.1, -0.05) is 54.6 Å². The van der Waals surface area contributed by atoms with Crippen molar-refractivity contribution in [2.75, 3.05) is 12.4 Å². The minimum atomic E-state index is -0.133. The lowest BCUT2D eigenvalue weighted by Crippen LogP contribution is -3.12. The van der Waals surface area contributed by atoms with Gasteiger partial charge in [0, 0.05) is 11.3 Å². The Morgan fingerprint density at radius 3 is 2.44 bits per heavy atom. The molecule has 3 rings (SSSR count). The number of rotatable bonds is 5. The average Bonchev–Trinajstić information content (AvgIpc) is 2.62. The Bertz CT molecular complexity index is 888. The molecular formula is C22H25N2O+. The Hall–Kier alpha value is -2.65. The number of benzene rings is 3. The first-order valence-corrected chi connectivity index (χ1v) is 8.71. The number of likely N-dealkylation sites (N-methyl/N-ethyl adjacent to an activating group) is 1. The summed E-state index contributed by atoms with van der Waals surface area (Å²) in [5, 5.41) is 5.36. The molecule has 0 aromatic heterocycles. The van der Waals surface area contributed by atoms with E-state index >= 15 is 0 Å². The highest BCUT2D eigenvalue weighted by Gasteiger charge is 2.22. The SMILES string of the molecule is Cc1ccccc1C[NH+](C)[C@H](C)C(=O)Nc1ccc2ccccc2c1. The van der Waals surface area contributed by atoms with Gasteiger partial charge in [0.1, 0.15) is 6.54 Å². The van der Waals surface area contributed by atoms with Gasteiger partial charge in [0.05, 0.1) is 7.05 Å². The third-order valence-corrected chi connectivity index (χ3v) is 4.88. The predicted octanol–water partition coefficient (Wildman–Crippen LogP) is 3.19. The van der Waals surface area contributed by atoms with Crippen molar-refractivity contribution in [3.63, 3.8) is 0 Å². The van der Waals surface area contributed by atoms with Gasteiger partial charge in [-0.15, -0.1) is 0 Å². The summed E-state index contributed by atoms with van der Waals surface area (Å²) in [5.41, 5.74) is 3.40. The summed E-state index contributed by atoms with van der Waals surface area (Å²) in [6.07, 6.45) is 0. The van der Waals surface area contributed by atoms with Crippen molar-refractivity contribution < 1.29 is 9.69 Å². The van der Waals surface area contributed by atoms with Gasteiger partial charge in [0.2, 0.25) is 0 Å². The molecule has 0 heterocycles. The number of fused-ring (bicyclic) bond motifs is 1. The Morgan fingerprint density at radius 1 is 1.00 bits per heavy atom. The van der Waals surface area contributed by atoms with E-state index in [2.05, 4.69) is 49.6 Å². The van der Waals surface area contributed by atoms with Crippen LogP contribution in [0.15, 0.2) is 66.7 Å². The lowest BCUT2D eigenvalue weighted by atomic mass is 10.1. The second-order valence-electron chi connectivity index (χ2n) is 6.72. The molecule has 0 fully saturated rings. The normalized spacial score (nSPS) is 13.4. The molecular weight excluding hydrogens is 308 g/mol. The number of nitrogens with one attached hydrogen (secondary N) is 2. The molecule has 0 aliphatic carbocycles.